The highest BCUT2D eigenvalue weighted by molar-refractivity contribution is 5.92. The molecule has 0 aromatic rings. The van der Waals surface area contributed by atoms with Gasteiger partial charge in [-0.25, -0.2) is 0 Å². The van der Waals surface area contributed by atoms with E-state index in [2.05, 4.69) is 26.1 Å². The summed E-state index contributed by atoms with van der Waals surface area (Å²) in [5.41, 5.74) is 0.823. The summed E-state index contributed by atoms with van der Waals surface area (Å²) in [4.78, 5) is 24.4. The topological polar surface area (TPSA) is 67.9 Å². The molecule has 4 aliphatic carbocycles. The maximum absolute atomic E-state index is 12.3. The van der Waals surface area contributed by atoms with Crippen molar-refractivity contribution >= 4 is 11.8 Å². The van der Waals surface area contributed by atoms with Crippen LogP contribution in [0.15, 0.2) is 11.6 Å². The maximum Gasteiger partial charge on any atom is 0.306 e. The average Bonchev–Trinajstić information content (AvgIpc) is 3.16. The fourth-order valence-corrected chi connectivity index (χ4v) is 8.77. The molecule has 3 saturated carbocycles. The average molecular weight is 400 g/mol. The molecule has 158 valence electrons. The molecule has 0 amide bonds. The van der Waals surface area contributed by atoms with Crippen LogP contribution in [0.4, 0.5) is 0 Å². The first kappa shape index (κ1) is 18.6. The molecule has 6 aliphatic rings. The molecule has 2 heterocycles. The van der Waals surface area contributed by atoms with Gasteiger partial charge in [0, 0.05) is 35.6 Å². The van der Waals surface area contributed by atoms with Crippen LogP contribution < -0.4 is 5.32 Å². The van der Waals surface area contributed by atoms with Crippen molar-refractivity contribution < 1.29 is 19.1 Å². The van der Waals surface area contributed by atoms with Crippen molar-refractivity contribution in [3.05, 3.63) is 11.6 Å². The van der Waals surface area contributed by atoms with Gasteiger partial charge >= 0.3 is 5.97 Å². The monoisotopic (exact) mass is 399 g/mol. The molecule has 0 bridgehead atoms. The zero-order chi connectivity index (χ0) is 20.2. The van der Waals surface area contributed by atoms with Gasteiger partial charge in [0.1, 0.15) is 11.2 Å². The summed E-state index contributed by atoms with van der Waals surface area (Å²) in [6.07, 6.45) is 9.17. The Morgan fingerprint density at radius 2 is 2.00 bits per heavy atom. The lowest BCUT2D eigenvalue weighted by Gasteiger charge is -2.59. The molecule has 8 atom stereocenters. The molecule has 5 fully saturated rings. The Kier molecular flexibility index (Phi) is 3.54. The number of carbonyl (C=O) groups is 2. The standard InChI is InChI=1S/C24H33NO4/c1-4-25-17-12-14-11-15(26)5-8-21(14,2)24-18(28-24)13-22(3)16(20(17)24)6-9-23(22)10-7-19(27)29-23/h11,16-18,20,25H,4-10,12-13H2,1-3H3/t16?,17?,18-,20?,21-,22-,23+,24?/m0/s1. The van der Waals surface area contributed by atoms with Crippen molar-refractivity contribution in [1.29, 1.82) is 0 Å². The van der Waals surface area contributed by atoms with Crippen LogP contribution in [-0.4, -0.2) is 41.6 Å². The van der Waals surface area contributed by atoms with Gasteiger partial charge in [0.15, 0.2) is 5.78 Å². The Labute approximate surface area is 173 Å². The van der Waals surface area contributed by atoms with Gasteiger partial charge in [-0.3, -0.25) is 9.59 Å². The minimum atomic E-state index is -0.289. The van der Waals surface area contributed by atoms with Crippen molar-refractivity contribution in [3.63, 3.8) is 0 Å². The van der Waals surface area contributed by atoms with E-state index in [1.807, 2.05) is 6.08 Å². The zero-order valence-electron chi connectivity index (χ0n) is 17.9. The maximum atomic E-state index is 12.3. The first-order valence-electron chi connectivity index (χ1n) is 11.7. The third-order valence-corrected chi connectivity index (χ3v) is 10.2. The van der Waals surface area contributed by atoms with Crippen LogP contribution >= 0.6 is 0 Å². The number of fused-ring (bicyclic) bond motifs is 4. The zero-order valence-corrected chi connectivity index (χ0v) is 17.9. The largest absolute Gasteiger partial charge is 0.458 e. The number of ketones is 1. The number of rotatable bonds is 2. The fraction of sp³-hybridized carbons (Fsp3) is 0.833. The van der Waals surface area contributed by atoms with Crippen molar-refractivity contribution in [1.82, 2.24) is 5.32 Å². The molecule has 5 nitrogen and oxygen atoms in total. The van der Waals surface area contributed by atoms with Gasteiger partial charge in [-0.05, 0) is 57.1 Å². The van der Waals surface area contributed by atoms with Crippen LogP contribution in [0.2, 0.25) is 0 Å². The summed E-state index contributed by atoms with van der Waals surface area (Å²) in [5, 5.41) is 3.78. The van der Waals surface area contributed by atoms with Crippen LogP contribution in [-0.2, 0) is 19.1 Å². The molecule has 6 rings (SSSR count). The molecule has 4 unspecified atom stereocenters. The van der Waals surface area contributed by atoms with Gasteiger partial charge in [0.2, 0.25) is 0 Å². The molecular weight excluding hydrogens is 366 g/mol. The van der Waals surface area contributed by atoms with Gasteiger partial charge in [-0.2, -0.15) is 0 Å². The summed E-state index contributed by atoms with van der Waals surface area (Å²) < 4.78 is 12.8. The highest BCUT2D eigenvalue weighted by Crippen LogP contribution is 2.77. The second-order valence-corrected chi connectivity index (χ2v) is 11.0. The quantitative estimate of drug-likeness (QED) is 0.570. The first-order valence-corrected chi connectivity index (χ1v) is 11.7. The van der Waals surface area contributed by atoms with E-state index in [4.69, 9.17) is 9.47 Å². The van der Waals surface area contributed by atoms with Gasteiger partial charge in [-0.15, -0.1) is 0 Å². The highest BCUT2D eigenvalue weighted by atomic mass is 16.6. The highest BCUT2D eigenvalue weighted by Gasteiger charge is 2.82. The van der Waals surface area contributed by atoms with E-state index in [9.17, 15) is 9.59 Å². The van der Waals surface area contributed by atoms with Crippen molar-refractivity contribution in [2.75, 3.05) is 6.54 Å². The second kappa shape index (κ2) is 5.53. The van der Waals surface area contributed by atoms with Gasteiger partial charge < -0.3 is 14.8 Å². The van der Waals surface area contributed by atoms with E-state index in [1.165, 1.54) is 5.57 Å². The lowest BCUT2D eigenvalue weighted by Crippen LogP contribution is -2.65. The third-order valence-electron chi connectivity index (χ3n) is 10.2. The third kappa shape index (κ3) is 2.00. The number of ether oxygens (including phenoxy) is 2. The first-order chi connectivity index (χ1) is 13.8. The molecule has 0 radical (unpaired) electrons. The lowest BCUT2D eigenvalue weighted by atomic mass is 9.45. The van der Waals surface area contributed by atoms with Crippen LogP contribution in [0, 0.1) is 22.7 Å². The summed E-state index contributed by atoms with van der Waals surface area (Å²) in [7, 11) is 0. The number of nitrogens with one attached hydrogen (secondary N) is 1. The predicted octanol–water partition coefficient (Wildman–Crippen LogP) is 3.31. The molecular formula is C24H33NO4. The molecule has 5 heteroatoms. The Hall–Kier alpha value is -1.20. The minimum absolute atomic E-state index is 0.00969. The lowest BCUT2D eigenvalue weighted by molar-refractivity contribution is -0.165. The Bertz CT molecular complexity index is 837. The summed E-state index contributed by atoms with van der Waals surface area (Å²) in [5.74, 6) is 1.17. The predicted molar refractivity (Wildman–Crippen MR) is 107 cm³/mol. The Morgan fingerprint density at radius 3 is 2.72 bits per heavy atom. The number of epoxide rings is 1. The van der Waals surface area contributed by atoms with Crippen molar-refractivity contribution in [2.45, 2.75) is 95.5 Å². The Balaban J connectivity index is 1.46. The number of hydrogen-bond acceptors (Lipinski definition) is 5. The molecule has 2 saturated heterocycles. The normalized spacial score (nSPS) is 54.9. The van der Waals surface area contributed by atoms with E-state index in [0.717, 1.165) is 45.1 Å². The SMILES string of the molecule is CCNC1CC2=CC(=O)CC[C@]2(C)C23O[C@H]2C[C@@]2(C)C(CC[C@@]24CCC(=O)O4)C13. The van der Waals surface area contributed by atoms with E-state index < -0.39 is 0 Å². The molecule has 29 heavy (non-hydrogen) atoms. The van der Waals surface area contributed by atoms with Crippen LogP contribution in [0.3, 0.4) is 0 Å². The number of carbonyl (C=O) groups excluding carboxylic acids is 2. The summed E-state index contributed by atoms with van der Waals surface area (Å²) >= 11 is 0. The van der Waals surface area contributed by atoms with E-state index in [1.54, 1.807) is 0 Å². The van der Waals surface area contributed by atoms with Gasteiger partial charge in [0.25, 0.3) is 0 Å². The fourth-order valence-electron chi connectivity index (χ4n) is 8.77. The molecule has 2 aliphatic heterocycles. The smallest absolute Gasteiger partial charge is 0.306 e. The van der Waals surface area contributed by atoms with Crippen LogP contribution in [0.25, 0.3) is 0 Å². The van der Waals surface area contributed by atoms with E-state index in [0.29, 0.717) is 30.7 Å². The van der Waals surface area contributed by atoms with Crippen molar-refractivity contribution in [3.8, 4) is 0 Å². The molecule has 0 aromatic carbocycles. The summed E-state index contributed by atoms with van der Waals surface area (Å²) in [6, 6.07) is 0.326. The second-order valence-electron chi connectivity index (χ2n) is 11.0. The molecule has 2 spiro atoms. The molecule has 0 aromatic heterocycles. The van der Waals surface area contributed by atoms with E-state index >= 15 is 0 Å². The Morgan fingerprint density at radius 1 is 1.17 bits per heavy atom. The van der Waals surface area contributed by atoms with Crippen LogP contribution in [0.1, 0.15) is 72.1 Å². The van der Waals surface area contributed by atoms with Crippen LogP contribution in [0.5, 0.6) is 0 Å². The van der Waals surface area contributed by atoms with Gasteiger partial charge in [0.05, 0.1) is 6.10 Å². The van der Waals surface area contributed by atoms with Crippen molar-refractivity contribution in [2.24, 2.45) is 22.7 Å². The summed E-state index contributed by atoms with van der Waals surface area (Å²) in [6.45, 7) is 7.84. The molecule has 1 N–H and O–H groups in total. The minimum Gasteiger partial charge on any atom is -0.458 e. The number of esters is 1. The van der Waals surface area contributed by atoms with Gasteiger partial charge in [-0.1, -0.05) is 26.3 Å². The van der Waals surface area contributed by atoms with E-state index in [-0.39, 0.29) is 39.9 Å². The number of hydrogen-bond donors (Lipinski definition) is 1.